The summed E-state index contributed by atoms with van der Waals surface area (Å²) in [6.07, 6.45) is 1.21. The lowest BCUT2D eigenvalue weighted by molar-refractivity contribution is 0.330. The van der Waals surface area contributed by atoms with Crippen LogP contribution < -0.4 is 5.32 Å². The second kappa shape index (κ2) is 4.42. The van der Waals surface area contributed by atoms with E-state index in [0.29, 0.717) is 12.1 Å². The minimum atomic E-state index is 0.561. The van der Waals surface area contributed by atoms with Crippen molar-refractivity contribution >= 4 is 17.3 Å². The third-order valence-electron chi connectivity index (χ3n) is 3.10. The van der Waals surface area contributed by atoms with Crippen LogP contribution in [0.1, 0.15) is 13.3 Å². The highest BCUT2D eigenvalue weighted by molar-refractivity contribution is 6.30. The van der Waals surface area contributed by atoms with Crippen LogP contribution in [0.15, 0.2) is 24.3 Å². The third kappa shape index (κ3) is 2.64. The molecule has 1 heterocycles. The molecule has 0 aromatic heterocycles. The van der Waals surface area contributed by atoms with Gasteiger partial charge in [0.1, 0.15) is 0 Å². The summed E-state index contributed by atoms with van der Waals surface area (Å²) < 4.78 is 0. The van der Waals surface area contributed by atoms with Crippen LogP contribution in [0, 0.1) is 0 Å². The molecular formula is C12H17ClN2. The second-order valence-corrected chi connectivity index (χ2v) is 4.81. The summed E-state index contributed by atoms with van der Waals surface area (Å²) in [6, 6.07) is 9.15. The fourth-order valence-electron chi connectivity index (χ4n) is 2.08. The van der Waals surface area contributed by atoms with Gasteiger partial charge in [-0.05, 0) is 44.7 Å². The molecule has 1 saturated heterocycles. The van der Waals surface area contributed by atoms with Crippen molar-refractivity contribution in [3.05, 3.63) is 29.3 Å². The van der Waals surface area contributed by atoms with Gasteiger partial charge in [0, 0.05) is 29.3 Å². The zero-order valence-electron chi connectivity index (χ0n) is 9.20. The Labute approximate surface area is 96.2 Å². The van der Waals surface area contributed by atoms with Crippen molar-refractivity contribution in [2.24, 2.45) is 0 Å². The molecule has 1 N–H and O–H groups in total. The van der Waals surface area contributed by atoms with Crippen molar-refractivity contribution in [1.29, 1.82) is 0 Å². The van der Waals surface area contributed by atoms with E-state index in [1.54, 1.807) is 0 Å². The van der Waals surface area contributed by atoms with Gasteiger partial charge in [0.15, 0.2) is 0 Å². The van der Waals surface area contributed by atoms with E-state index < -0.39 is 0 Å². The molecule has 2 atom stereocenters. The van der Waals surface area contributed by atoms with E-state index in [-0.39, 0.29) is 0 Å². The standard InChI is InChI=1S/C12H17ClN2/c1-9-7-12(8-15(9)2)14-11-5-3-10(13)4-6-11/h3-6,9,12,14H,7-8H2,1-2H3. The van der Waals surface area contributed by atoms with Crippen LogP contribution >= 0.6 is 11.6 Å². The smallest absolute Gasteiger partial charge is 0.0407 e. The quantitative estimate of drug-likeness (QED) is 0.831. The Morgan fingerprint density at radius 3 is 2.53 bits per heavy atom. The van der Waals surface area contributed by atoms with Crippen LogP contribution in [0.3, 0.4) is 0 Å². The first-order valence-electron chi connectivity index (χ1n) is 5.37. The van der Waals surface area contributed by atoms with Crippen LogP contribution in [-0.4, -0.2) is 30.6 Å². The summed E-state index contributed by atoms with van der Waals surface area (Å²) in [5.74, 6) is 0. The van der Waals surface area contributed by atoms with Gasteiger partial charge in [0.2, 0.25) is 0 Å². The molecule has 2 rings (SSSR count). The molecular weight excluding hydrogens is 208 g/mol. The van der Waals surface area contributed by atoms with E-state index >= 15 is 0 Å². The summed E-state index contributed by atoms with van der Waals surface area (Å²) in [5, 5.41) is 4.32. The predicted octanol–water partition coefficient (Wildman–Crippen LogP) is 2.84. The van der Waals surface area contributed by atoms with Gasteiger partial charge < -0.3 is 10.2 Å². The van der Waals surface area contributed by atoms with E-state index in [4.69, 9.17) is 11.6 Å². The Morgan fingerprint density at radius 2 is 2.00 bits per heavy atom. The molecule has 1 aliphatic rings. The highest BCUT2D eigenvalue weighted by Gasteiger charge is 2.25. The number of benzene rings is 1. The number of hydrogen-bond acceptors (Lipinski definition) is 2. The molecule has 2 nitrogen and oxygen atoms in total. The number of halogens is 1. The molecule has 0 aliphatic carbocycles. The zero-order valence-corrected chi connectivity index (χ0v) is 9.96. The molecule has 82 valence electrons. The van der Waals surface area contributed by atoms with Gasteiger partial charge in [0.25, 0.3) is 0 Å². The number of nitrogens with zero attached hydrogens (tertiary/aromatic N) is 1. The first-order valence-corrected chi connectivity index (χ1v) is 5.75. The number of anilines is 1. The normalized spacial score (nSPS) is 26.9. The maximum absolute atomic E-state index is 5.84. The summed E-state index contributed by atoms with van der Waals surface area (Å²) in [7, 11) is 2.17. The van der Waals surface area contributed by atoms with E-state index in [0.717, 1.165) is 17.3 Å². The Bertz CT molecular complexity index is 313. The van der Waals surface area contributed by atoms with Gasteiger partial charge in [-0.25, -0.2) is 0 Å². The summed E-state index contributed by atoms with van der Waals surface area (Å²) in [5.41, 5.74) is 1.16. The monoisotopic (exact) mass is 224 g/mol. The van der Waals surface area contributed by atoms with Crippen molar-refractivity contribution in [2.75, 3.05) is 18.9 Å². The largest absolute Gasteiger partial charge is 0.381 e. The molecule has 0 amide bonds. The maximum Gasteiger partial charge on any atom is 0.0407 e. The maximum atomic E-state index is 5.84. The van der Waals surface area contributed by atoms with E-state index in [1.807, 2.05) is 24.3 Å². The molecule has 0 saturated carbocycles. The van der Waals surface area contributed by atoms with Crippen LogP contribution in [0.2, 0.25) is 5.02 Å². The molecule has 1 fully saturated rings. The Morgan fingerprint density at radius 1 is 1.33 bits per heavy atom. The molecule has 0 spiro atoms. The first-order chi connectivity index (χ1) is 7.15. The Balaban J connectivity index is 1.95. The van der Waals surface area contributed by atoms with Gasteiger partial charge in [-0.2, -0.15) is 0 Å². The van der Waals surface area contributed by atoms with Gasteiger partial charge in [-0.1, -0.05) is 11.6 Å². The van der Waals surface area contributed by atoms with E-state index in [9.17, 15) is 0 Å². The number of likely N-dealkylation sites (tertiary alicyclic amines) is 1. The lowest BCUT2D eigenvalue weighted by Crippen LogP contribution is -2.24. The van der Waals surface area contributed by atoms with Gasteiger partial charge in [-0.3, -0.25) is 0 Å². The van der Waals surface area contributed by atoms with Crippen molar-refractivity contribution in [3.8, 4) is 0 Å². The van der Waals surface area contributed by atoms with Crippen LogP contribution in [-0.2, 0) is 0 Å². The highest BCUT2D eigenvalue weighted by atomic mass is 35.5. The van der Waals surface area contributed by atoms with Crippen molar-refractivity contribution in [2.45, 2.75) is 25.4 Å². The number of nitrogens with one attached hydrogen (secondary N) is 1. The van der Waals surface area contributed by atoms with Crippen molar-refractivity contribution < 1.29 is 0 Å². The predicted molar refractivity (Wildman–Crippen MR) is 65.6 cm³/mol. The summed E-state index contributed by atoms with van der Waals surface area (Å²) >= 11 is 5.84. The molecule has 2 unspecified atom stereocenters. The van der Waals surface area contributed by atoms with Gasteiger partial charge in [-0.15, -0.1) is 0 Å². The molecule has 3 heteroatoms. The van der Waals surface area contributed by atoms with Crippen molar-refractivity contribution in [1.82, 2.24) is 4.90 Å². The number of rotatable bonds is 2. The topological polar surface area (TPSA) is 15.3 Å². The average Bonchev–Trinajstić information content (AvgIpc) is 2.50. The van der Waals surface area contributed by atoms with Gasteiger partial charge in [0.05, 0.1) is 0 Å². The minimum Gasteiger partial charge on any atom is -0.381 e. The molecule has 15 heavy (non-hydrogen) atoms. The highest BCUT2D eigenvalue weighted by Crippen LogP contribution is 2.20. The summed E-state index contributed by atoms with van der Waals surface area (Å²) in [4.78, 5) is 2.38. The average molecular weight is 225 g/mol. The van der Waals surface area contributed by atoms with E-state index in [1.165, 1.54) is 6.42 Å². The fraction of sp³-hybridized carbons (Fsp3) is 0.500. The van der Waals surface area contributed by atoms with Crippen LogP contribution in [0.5, 0.6) is 0 Å². The molecule has 1 aromatic carbocycles. The SMILES string of the molecule is CC1CC(Nc2ccc(Cl)cc2)CN1C. The lowest BCUT2D eigenvalue weighted by Gasteiger charge is -2.14. The van der Waals surface area contributed by atoms with E-state index in [2.05, 4.69) is 24.2 Å². The van der Waals surface area contributed by atoms with Gasteiger partial charge >= 0.3 is 0 Å². The molecule has 0 radical (unpaired) electrons. The number of likely N-dealkylation sites (N-methyl/N-ethyl adjacent to an activating group) is 1. The third-order valence-corrected chi connectivity index (χ3v) is 3.35. The Hall–Kier alpha value is -0.730. The first kappa shape index (κ1) is 10.8. The second-order valence-electron chi connectivity index (χ2n) is 4.37. The molecule has 0 bridgehead atoms. The molecule has 1 aliphatic heterocycles. The minimum absolute atomic E-state index is 0.561. The molecule has 1 aromatic rings. The Kier molecular flexibility index (Phi) is 3.17. The van der Waals surface area contributed by atoms with Crippen molar-refractivity contribution in [3.63, 3.8) is 0 Å². The van der Waals surface area contributed by atoms with Crippen LogP contribution in [0.25, 0.3) is 0 Å². The van der Waals surface area contributed by atoms with Crippen LogP contribution in [0.4, 0.5) is 5.69 Å². The zero-order chi connectivity index (χ0) is 10.8. The number of hydrogen-bond donors (Lipinski definition) is 1. The summed E-state index contributed by atoms with van der Waals surface area (Å²) in [6.45, 7) is 3.38. The lowest BCUT2D eigenvalue weighted by atomic mass is 10.2. The fourth-order valence-corrected chi connectivity index (χ4v) is 2.21.